The smallest absolute Gasteiger partial charge is 0.164 e. The molecule has 1 saturated carbocycles. The van der Waals surface area contributed by atoms with Gasteiger partial charge in [-0.15, -0.1) is 0 Å². The molecule has 4 nitrogen and oxygen atoms in total. The highest BCUT2D eigenvalue weighted by atomic mass is 15.2. The van der Waals surface area contributed by atoms with Gasteiger partial charge in [0.1, 0.15) is 5.82 Å². The Hall–Kier alpha value is -0.900. The van der Waals surface area contributed by atoms with E-state index in [0.717, 1.165) is 24.1 Å². The van der Waals surface area contributed by atoms with E-state index < -0.39 is 0 Å². The fourth-order valence-corrected chi connectivity index (χ4v) is 2.31. The molecule has 4 heteroatoms. The third-order valence-electron chi connectivity index (χ3n) is 3.28. The Balaban J connectivity index is 1.81. The summed E-state index contributed by atoms with van der Waals surface area (Å²) in [6.07, 6.45) is 5.39. The molecular formula is C11H20N4. The molecule has 1 aromatic rings. The minimum Gasteiger partial charge on any atom is -0.307 e. The lowest BCUT2D eigenvalue weighted by Crippen LogP contribution is -2.36. The Morgan fingerprint density at radius 1 is 1.40 bits per heavy atom. The Kier molecular flexibility index (Phi) is 3.36. The van der Waals surface area contributed by atoms with E-state index in [2.05, 4.69) is 27.4 Å². The molecular weight excluding hydrogens is 188 g/mol. The average molecular weight is 208 g/mol. The number of hydrogen-bond acceptors (Lipinski definition) is 3. The van der Waals surface area contributed by atoms with Gasteiger partial charge in [-0.05, 0) is 25.7 Å². The zero-order valence-electron chi connectivity index (χ0n) is 9.58. The third kappa shape index (κ3) is 2.78. The van der Waals surface area contributed by atoms with Crippen LogP contribution in [-0.4, -0.2) is 21.2 Å². The topological polar surface area (TPSA) is 53.6 Å². The van der Waals surface area contributed by atoms with Crippen molar-refractivity contribution in [1.82, 2.24) is 20.5 Å². The number of aromatic nitrogens is 3. The van der Waals surface area contributed by atoms with Crippen molar-refractivity contribution in [2.24, 2.45) is 5.92 Å². The molecule has 0 aromatic carbocycles. The molecule has 84 valence electrons. The molecule has 1 aliphatic rings. The highest BCUT2D eigenvalue weighted by Crippen LogP contribution is 2.23. The van der Waals surface area contributed by atoms with Crippen LogP contribution in [0.25, 0.3) is 0 Å². The largest absolute Gasteiger partial charge is 0.307 e. The van der Waals surface area contributed by atoms with E-state index in [1.165, 1.54) is 25.7 Å². The van der Waals surface area contributed by atoms with Crippen molar-refractivity contribution < 1.29 is 0 Å². The lowest BCUT2D eigenvalue weighted by Gasteiger charge is -2.29. The molecule has 15 heavy (non-hydrogen) atoms. The quantitative estimate of drug-likeness (QED) is 0.796. The fourth-order valence-electron chi connectivity index (χ4n) is 2.31. The summed E-state index contributed by atoms with van der Waals surface area (Å²) in [7, 11) is 0. The first-order valence-electron chi connectivity index (χ1n) is 5.87. The van der Waals surface area contributed by atoms with Crippen LogP contribution in [0, 0.1) is 12.8 Å². The van der Waals surface area contributed by atoms with Gasteiger partial charge in [0.15, 0.2) is 5.82 Å². The summed E-state index contributed by atoms with van der Waals surface area (Å²) in [4.78, 5) is 4.29. The zero-order valence-corrected chi connectivity index (χ0v) is 9.58. The van der Waals surface area contributed by atoms with Crippen molar-refractivity contribution in [3.8, 4) is 0 Å². The molecule has 0 bridgehead atoms. The number of rotatable bonds is 3. The molecule has 1 fully saturated rings. The first-order chi connectivity index (χ1) is 7.25. The average Bonchev–Trinajstić information content (AvgIpc) is 2.63. The molecule has 1 aromatic heterocycles. The summed E-state index contributed by atoms with van der Waals surface area (Å²) in [5.41, 5.74) is 0. The second kappa shape index (κ2) is 4.75. The SMILES string of the molecule is Cc1nc(CNC2CCCCC2C)n[nH]1. The van der Waals surface area contributed by atoms with Crippen LogP contribution in [-0.2, 0) is 6.54 Å². The summed E-state index contributed by atoms with van der Waals surface area (Å²) >= 11 is 0. The van der Waals surface area contributed by atoms with Gasteiger partial charge in [0.2, 0.25) is 0 Å². The second-order valence-corrected chi connectivity index (χ2v) is 4.59. The first kappa shape index (κ1) is 10.6. The Labute approximate surface area is 90.9 Å². The van der Waals surface area contributed by atoms with Gasteiger partial charge in [0, 0.05) is 6.04 Å². The Morgan fingerprint density at radius 3 is 2.87 bits per heavy atom. The maximum absolute atomic E-state index is 4.29. The van der Waals surface area contributed by atoms with Gasteiger partial charge >= 0.3 is 0 Å². The van der Waals surface area contributed by atoms with E-state index in [0.29, 0.717) is 6.04 Å². The van der Waals surface area contributed by atoms with Crippen molar-refractivity contribution in [1.29, 1.82) is 0 Å². The van der Waals surface area contributed by atoms with Crippen molar-refractivity contribution in [2.75, 3.05) is 0 Å². The van der Waals surface area contributed by atoms with Gasteiger partial charge < -0.3 is 5.32 Å². The second-order valence-electron chi connectivity index (χ2n) is 4.59. The monoisotopic (exact) mass is 208 g/mol. The van der Waals surface area contributed by atoms with Crippen LogP contribution in [0.4, 0.5) is 0 Å². The van der Waals surface area contributed by atoms with Crippen LogP contribution in [0.2, 0.25) is 0 Å². The molecule has 0 spiro atoms. The molecule has 0 aliphatic heterocycles. The van der Waals surface area contributed by atoms with Crippen LogP contribution in [0.3, 0.4) is 0 Å². The summed E-state index contributed by atoms with van der Waals surface area (Å²) in [6.45, 7) is 5.05. The predicted octanol–water partition coefficient (Wildman–Crippen LogP) is 1.78. The Morgan fingerprint density at radius 2 is 2.20 bits per heavy atom. The van der Waals surface area contributed by atoms with Gasteiger partial charge in [0.25, 0.3) is 0 Å². The highest BCUT2D eigenvalue weighted by molar-refractivity contribution is 4.88. The zero-order chi connectivity index (χ0) is 10.7. The lowest BCUT2D eigenvalue weighted by atomic mass is 9.86. The van der Waals surface area contributed by atoms with Gasteiger partial charge in [0.05, 0.1) is 6.54 Å². The van der Waals surface area contributed by atoms with Crippen LogP contribution in [0.5, 0.6) is 0 Å². The van der Waals surface area contributed by atoms with E-state index in [1.54, 1.807) is 0 Å². The lowest BCUT2D eigenvalue weighted by molar-refractivity contribution is 0.278. The van der Waals surface area contributed by atoms with E-state index in [1.807, 2.05) is 6.92 Å². The maximum Gasteiger partial charge on any atom is 0.164 e. The van der Waals surface area contributed by atoms with Gasteiger partial charge in [-0.1, -0.05) is 19.8 Å². The standard InChI is InChI=1S/C11H20N4/c1-8-5-3-4-6-10(8)12-7-11-13-9(2)14-15-11/h8,10,12H,3-7H2,1-2H3,(H,13,14,15). The van der Waals surface area contributed by atoms with Crippen molar-refractivity contribution in [3.05, 3.63) is 11.6 Å². The van der Waals surface area contributed by atoms with Gasteiger partial charge in [-0.2, -0.15) is 5.10 Å². The first-order valence-corrected chi connectivity index (χ1v) is 5.87. The molecule has 1 heterocycles. The van der Waals surface area contributed by atoms with Crippen molar-refractivity contribution in [2.45, 2.75) is 52.1 Å². The van der Waals surface area contributed by atoms with Gasteiger partial charge in [-0.25, -0.2) is 4.98 Å². The molecule has 0 amide bonds. The minimum atomic E-state index is 0.651. The highest BCUT2D eigenvalue weighted by Gasteiger charge is 2.20. The molecule has 0 radical (unpaired) electrons. The summed E-state index contributed by atoms with van der Waals surface area (Å²) in [5, 5.41) is 10.5. The number of aryl methyl sites for hydroxylation is 1. The van der Waals surface area contributed by atoms with E-state index in [9.17, 15) is 0 Å². The molecule has 0 saturated heterocycles. The maximum atomic E-state index is 4.29. The number of H-pyrrole nitrogens is 1. The van der Waals surface area contributed by atoms with Crippen LogP contribution in [0.15, 0.2) is 0 Å². The molecule has 2 atom stereocenters. The predicted molar refractivity (Wildman–Crippen MR) is 59.4 cm³/mol. The van der Waals surface area contributed by atoms with E-state index >= 15 is 0 Å². The summed E-state index contributed by atoms with van der Waals surface area (Å²) < 4.78 is 0. The number of nitrogens with one attached hydrogen (secondary N) is 2. The Bertz CT molecular complexity index is 307. The van der Waals surface area contributed by atoms with Crippen molar-refractivity contribution >= 4 is 0 Å². The van der Waals surface area contributed by atoms with E-state index in [4.69, 9.17) is 0 Å². The normalized spacial score (nSPS) is 26.8. The van der Waals surface area contributed by atoms with Crippen LogP contribution in [0.1, 0.15) is 44.3 Å². The minimum absolute atomic E-state index is 0.651. The summed E-state index contributed by atoms with van der Waals surface area (Å²) in [5.74, 6) is 2.56. The molecule has 2 rings (SSSR count). The van der Waals surface area contributed by atoms with E-state index in [-0.39, 0.29) is 0 Å². The third-order valence-corrected chi connectivity index (χ3v) is 3.28. The van der Waals surface area contributed by atoms with Gasteiger partial charge in [-0.3, -0.25) is 5.10 Å². The van der Waals surface area contributed by atoms with Crippen LogP contribution >= 0.6 is 0 Å². The number of nitrogens with zero attached hydrogens (tertiary/aromatic N) is 2. The van der Waals surface area contributed by atoms with Crippen molar-refractivity contribution in [3.63, 3.8) is 0 Å². The molecule has 1 aliphatic carbocycles. The summed E-state index contributed by atoms with van der Waals surface area (Å²) in [6, 6.07) is 0.651. The number of aromatic amines is 1. The van der Waals surface area contributed by atoms with Crippen LogP contribution < -0.4 is 5.32 Å². The molecule has 2 N–H and O–H groups in total. The molecule has 2 unspecified atom stereocenters. The fraction of sp³-hybridized carbons (Fsp3) is 0.818. The number of hydrogen-bond donors (Lipinski definition) is 2.